The monoisotopic (exact) mass is 362 g/mol. The number of methoxy groups -OCH3 is 1. The number of aromatic nitrogens is 1. The molecule has 4 rings (SSSR count). The number of hydrogen-bond acceptors (Lipinski definition) is 2. The lowest BCUT2D eigenvalue weighted by Gasteiger charge is -2.28. The van der Waals surface area contributed by atoms with Gasteiger partial charge in [0.2, 0.25) is 0 Å². The zero-order chi connectivity index (χ0) is 18.8. The molecule has 0 unspecified atom stereocenters. The molecule has 1 aliphatic heterocycles. The Morgan fingerprint density at radius 1 is 1.11 bits per heavy atom. The third kappa shape index (κ3) is 3.20. The minimum absolute atomic E-state index is 0.163. The molecule has 27 heavy (non-hydrogen) atoms. The molecule has 0 saturated carbocycles. The van der Waals surface area contributed by atoms with Crippen LogP contribution in [-0.2, 0) is 13.0 Å². The van der Waals surface area contributed by atoms with E-state index < -0.39 is 0 Å². The summed E-state index contributed by atoms with van der Waals surface area (Å²) in [6, 6.07) is 16.5. The quantitative estimate of drug-likeness (QED) is 0.647. The number of amides is 1. The topological polar surface area (TPSA) is 34.5 Å². The smallest absolute Gasteiger partial charge is 0.270 e. The van der Waals surface area contributed by atoms with Crippen LogP contribution in [-0.4, -0.2) is 35.6 Å². The molecule has 1 amide bonds. The Balaban J connectivity index is 1.85. The van der Waals surface area contributed by atoms with Crippen molar-refractivity contribution in [1.29, 1.82) is 0 Å². The van der Waals surface area contributed by atoms with Gasteiger partial charge >= 0.3 is 0 Å². The summed E-state index contributed by atoms with van der Waals surface area (Å²) in [6.45, 7) is 4.50. The predicted octanol–water partition coefficient (Wildman–Crippen LogP) is 4.50. The average Bonchev–Trinajstić information content (AvgIpc) is 3.02. The fourth-order valence-electron chi connectivity index (χ4n) is 4.02. The standard InChI is InChI=1S/C23H26N2O2/c1-3-4-13-24-14-12-19-20-15-18(27-2)10-11-21(20)25(22(19)23(24)26)16-17-8-6-5-7-9-17/h5-11,15H,3-4,12-14,16H2,1-2H3. The summed E-state index contributed by atoms with van der Waals surface area (Å²) < 4.78 is 7.63. The van der Waals surface area contributed by atoms with Crippen molar-refractivity contribution in [3.05, 3.63) is 65.4 Å². The van der Waals surface area contributed by atoms with Gasteiger partial charge in [0.15, 0.2) is 0 Å². The van der Waals surface area contributed by atoms with Crippen LogP contribution in [0, 0.1) is 0 Å². The normalized spacial score (nSPS) is 13.9. The van der Waals surface area contributed by atoms with Crippen LogP contribution in [0.15, 0.2) is 48.5 Å². The van der Waals surface area contributed by atoms with Crippen LogP contribution in [0.4, 0.5) is 0 Å². The van der Waals surface area contributed by atoms with E-state index in [1.165, 1.54) is 5.56 Å². The Morgan fingerprint density at radius 2 is 1.93 bits per heavy atom. The van der Waals surface area contributed by atoms with Gasteiger partial charge in [0, 0.05) is 30.5 Å². The predicted molar refractivity (Wildman–Crippen MR) is 109 cm³/mol. The first-order valence-corrected chi connectivity index (χ1v) is 9.75. The number of unbranched alkanes of at least 4 members (excludes halogenated alkanes) is 1. The molecule has 0 N–H and O–H groups in total. The van der Waals surface area contributed by atoms with Crippen LogP contribution in [0.2, 0.25) is 0 Å². The summed E-state index contributed by atoms with van der Waals surface area (Å²) in [5.74, 6) is 0.999. The van der Waals surface area contributed by atoms with Crippen molar-refractivity contribution in [2.75, 3.05) is 20.2 Å². The number of benzene rings is 2. The molecule has 0 bridgehead atoms. The Morgan fingerprint density at radius 3 is 2.67 bits per heavy atom. The van der Waals surface area contributed by atoms with Crippen LogP contribution >= 0.6 is 0 Å². The van der Waals surface area contributed by atoms with Gasteiger partial charge < -0.3 is 14.2 Å². The number of hydrogen-bond donors (Lipinski definition) is 0. The van der Waals surface area contributed by atoms with Gasteiger partial charge in [0.1, 0.15) is 11.4 Å². The van der Waals surface area contributed by atoms with Crippen LogP contribution in [0.5, 0.6) is 5.75 Å². The van der Waals surface area contributed by atoms with E-state index in [2.05, 4.69) is 35.8 Å². The van der Waals surface area contributed by atoms with Crippen LogP contribution in [0.3, 0.4) is 0 Å². The zero-order valence-corrected chi connectivity index (χ0v) is 16.1. The summed E-state index contributed by atoms with van der Waals surface area (Å²) in [7, 11) is 1.69. The van der Waals surface area contributed by atoms with Gasteiger partial charge in [-0.1, -0.05) is 43.7 Å². The molecule has 0 radical (unpaired) electrons. The molecule has 0 atom stereocenters. The van der Waals surface area contributed by atoms with Gasteiger partial charge in [0.05, 0.1) is 7.11 Å². The Labute approximate surface area is 160 Å². The molecular formula is C23H26N2O2. The number of ether oxygens (including phenoxy) is 1. The molecule has 140 valence electrons. The largest absolute Gasteiger partial charge is 0.497 e. The number of carbonyl (C=O) groups is 1. The van der Waals surface area contributed by atoms with E-state index in [1.807, 2.05) is 29.2 Å². The zero-order valence-electron chi connectivity index (χ0n) is 16.1. The Hall–Kier alpha value is -2.75. The van der Waals surface area contributed by atoms with Crippen molar-refractivity contribution in [2.24, 2.45) is 0 Å². The van der Waals surface area contributed by atoms with Gasteiger partial charge in [-0.25, -0.2) is 0 Å². The molecule has 1 aliphatic rings. The highest BCUT2D eigenvalue weighted by atomic mass is 16.5. The van der Waals surface area contributed by atoms with Crippen molar-refractivity contribution in [1.82, 2.24) is 9.47 Å². The first-order valence-electron chi connectivity index (χ1n) is 9.75. The number of rotatable bonds is 6. The molecule has 3 aromatic rings. The summed E-state index contributed by atoms with van der Waals surface area (Å²) in [4.78, 5) is 15.3. The Bertz CT molecular complexity index is 959. The first kappa shape index (κ1) is 17.7. The van der Waals surface area contributed by atoms with Crippen molar-refractivity contribution < 1.29 is 9.53 Å². The molecular weight excluding hydrogens is 336 g/mol. The van der Waals surface area contributed by atoms with Gasteiger partial charge in [0.25, 0.3) is 5.91 Å². The molecule has 1 aromatic heterocycles. The highest BCUT2D eigenvalue weighted by Crippen LogP contribution is 2.34. The first-order chi connectivity index (χ1) is 13.2. The highest BCUT2D eigenvalue weighted by molar-refractivity contribution is 6.03. The minimum Gasteiger partial charge on any atom is -0.497 e. The summed E-state index contributed by atoms with van der Waals surface area (Å²) in [5.41, 5.74) is 4.32. The molecule has 4 heteroatoms. The third-order valence-electron chi connectivity index (χ3n) is 5.46. The molecule has 2 heterocycles. The second-order valence-corrected chi connectivity index (χ2v) is 7.18. The van der Waals surface area contributed by atoms with Crippen molar-refractivity contribution in [3.63, 3.8) is 0 Å². The van der Waals surface area contributed by atoms with Crippen LogP contribution in [0.1, 0.15) is 41.4 Å². The second kappa shape index (κ2) is 7.47. The SMILES string of the molecule is CCCCN1CCc2c(n(Cc3ccccc3)c3ccc(OC)cc23)C1=O. The van der Waals surface area contributed by atoms with E-state index in [9.17, 15) is 4.79 Å². The molecule has 0 saturated heterocycles. The third-order valence-corrected chi connectivity index (χ3v) is 5.46. The van der Waals surface area contributed by atoms with E-state index in [4.69, 9.17) is 4.74 Å². The number of carbonyl (C=O) groups excluding carboxylic acids is 1. The maximum atomic E-state index is 13.3. The summed E-state index contributed by atoms with van der Waals surface area (Å²) >= 11 is 0. The van der Waals surface area contributed by atoms with Crippen molar-refractivity contribution in [3.8, 4) is 5.75 Å². The molecule has 0 aliphatic carbocycles. The van der Waals surface area contributed by atoms with E-state index in [-0.39, 0.29) is 5.91 Å². The number of nitrogens with zero attached hydrogens (tertiary/aromatic N) is 2. The van der Waals surface area contributed by atoms with E-state index >= 15 is 0 Å². The lowest BCUT2D eigenvalue weighted by molar-refractivity contribution is 0.0727. The van der Waals surface area contributed by atoms with Gasteiger partial charge in [-0.15, -0.1) is 0 Å². The van der Waals surface area contributed by atoms with Gasteiger partial charge in [-0.2, -0.15) is 0 Å². The summed E-state index contributed by atoms with van der Waals surface area (Å²) in [6.07, 6.45) is 3.05. The maximum absolute atomic E-state index is 13.3. The van der Waals surface area contributed by atoms with Crippen molar-refractivity contribution in [2.45, 2.75) is 32.7 Å². The van der Waals surface area contributed by atoms with E-state index in [0.717, 1.165) is 60.3 Å². The number of fused-ring (bicyclic) bond motifs is 3. The van der Waals surface area contributed by atoms with Crippen LogP contribution < -0.4 is 4.74 Å². The fraction of sp³-hybridized carbons (Fsp3) is 0.348. The van der Waals surface area contributed by atoms with E-state index in [0.29, 0.717) is 6.54 Å². The van der Waals surface area contributed by atoms with Gasteiger partial charge in [-0.3, -0.25) is 4.79 Å². The maximum Gasteiger partial charge on any atom is 0.270 e. The van der Waals surface area contributed by atoms with Crippen molar-refractivity contribution >= 4 is 16.8 Å². The summed E-state index contributed by atoms with van der Waals surface area (Å²) in [5, 5.41) is 1.14. The minimum atomic E-state index is 0.163. The molecule has 0 spiro atoms. The Kier molecular flexibility index (Phi) is 4.88. The second-order valence-electron chi connectivity index (χ2n) is 7.18. The molecule has 0 fully saturated rings. The fourth-order valence-corrected chi connectivity index (χ4v) is 4.02. The lowest BCUT2D eigenvalue weighted by atomic mass is 10.0. The molecule has 2 aromatic carbocycles. The highest BCUT2D eigenvalue weighted by Gasteiger charge is 2.30. The van der Waals surface area contributed by atoms with Crippen LogP contribution in [0.25, 0.3) is 10.9 Å². The van der Waals surface area contributed by atoms with E-state index in [1.54, 1.807) is 7.11 Å². The lowest BCUT2D eigenvalue weighted by Crippen LogP contribution is -2.39. The molecule has 4 nitrogen and oxygen atoms in total. The average molecular weight is 362 g/mol. The van der Waals surface area contributed by atoms with Gasteiger partial charge in [-0.05, 0) is 42.2 Å².